The number of rotatable bonds is 8. The zero-order chi connectivity index (χ0) is 28.3. The number of aryl methyl sites for hydroxylation is 1. The average molecular weight is 546 g/mol. The number of nitrogens with zero attached hydrogens (tertiary/aromatic N) is 1. The third kappa shape index (κ3) is 5.46. The van der Waals surface area contributed by atoms with Crippen LogP contribution in [0.1, 0.15) is 31.4 Å². The molecule has 14 nitrogen and oxygen atoms in total. The Hall–Kier alpha value is -4.32. The molecule has 0 radical (unpaired) electrons. The van der Waals surface area contributed by atoms with E-state index in [0.717, 1.165) is 0 Å². The van der Waals surface area contributed by atoms with Gasteiger partial charge < -0.3 is 33.2 Å². The van der Waals surface area contributed by atoms with E-state index in [1.807, 2.05) is 12.4 Å². The summed E-state index contributed by atoms with van der Waals surface area (Å²) >= 11 is 0. The minimum atomic E-state index is -1.10. The van der Waals surface area contributed by atoms with Crippen LogP contribution in [0.3, 0.4) is 0 Å². The Morgan fingerprint density at radius 1 is 1.26 bits per heavy atom. The van der Waals surface area contributed by atoms with Crippen molar-refractivity contribution in [3.63, 3.8) is 0 Å². The third-order valence-corrected chi connectivity index (χ3v) is 6.16. The molecule has 2 N–H and O–H groups in total. The van der Waals surface area contributed by atoms with Crippen LogP contribution >= 0.6 is 0 Å². The Bertz CT molecular complexity index is 1390. The van der Waals surface area contributed by atoms with Gasteiger partial charge in [-0.2, -0.15) is 5.48 Å². The fourth-order valence-electron chi connectivity index (χ4n) is 4.35. The number of carbonyl (C=O) groups excluding carboxylic acids is 2. The van der Waals surface area contributed by atoms with Gasteiger partial charge in [0.2, 0.25) is 12.4 Å². The molecule has 2 fully saturated rings. The van der Waals surface area contributed by atoms with Gasteiger partial charge in [0.05, 0.1) is 17.2 Å². The molecule has 1 aromatic carbocycles. The van der Waals surface area contributed by atoms with Gasteiger partial charge in [0, 0.05) is 12.7 Å². The third-order valence-electron chi connectivity index (χ3n) is 6.16. The van der Waals surface area contributed by atoms with Crippen LogP contribution in [-0.4, -0.2) is 67.5 Å². The summed E-state index contributed by atoms with van der Waals surface area (Å²) in [4.78, 5) is 45.4. The van der Waals surface area contributed by atoms with Crippen molar-refractivity contribution >= 4 is 28.9 Å². The number of oxime groups is 1. The van der Waals surface area contributed by atoms with Crippen molar-refractivity contribution < 1.29 is 52.5 Å². The molecular formula is C25H26N2O12. The van der Waals surface area contributed by atoms with Gasteiger partial charge >= 0.3 is 17.9 Å². The normalized spacial score (nSPS) is 24.3. The molecule has 0 saturated carbocycles. The van der Waals surface area contributed by atoms with E-state index < -0.39 is 54.3 Å². The first kappa shape index (κ1) is 27.7. The van der Waals surface area contributed by atoms with Crippen LogP contribution in [0.5, 0.6) is 11.5 Å². The lowest BCUT2D eigenvalue weighted by atomic mass is 9.97. The second-order valence-corrected chi connectivity index (χ2v) is 8.51. The number of carbonyl (C=O) groups is 2. The van der Waals surface area contributed by atoms with Crippen molar-refractivity contribution in [2.75, 3.05) is 13.7 Å². The number of ether oxygens (including phenoxy) is 5. The van der Waals surface area contributed by atoms with Crippen molar-refractivity contribution in [3.8, 4) is 23.8 Å². The van der Waals surface area contributed by atoms with Gasteiger partial charge in [-0.15, -0.1) is 6.42 Å². The zero-order valence-corrected chi connectivity index (χ0v) is 21.4. The van der Waals surface area contributed by atoms with E-state index >= 15 is 0 Å². The fraction of sp³-hybridized carbons (Fsp3) is 0.440. The maximum Gasteiger partial charge on any atom is 0.509 e. The summed E-state index contributed by atoms with van der Waals surface area (Å²) in [5, 5.41) is 14.5. The molecular weight excluding hydrogens is 520 g/mol. The van der Waals surface area contributed by atoms with Crippen LogP contribution in [0.2, 0.25) is 0 Å². The molecule has 1 amide bonds. The fourth-order valence-corrected chi connectivity index (χ4v) is 4.35. The molecule has 3 heterocycles. The van der Waals surface area contributed by atoms with Gasteiger partial charge in [-0.3, -0.25) is 9.68 Å². The average Bonchev–Trinajstić information content (AvgIpc) is 3.30. The molecule has 4 rings (SSSR count). The molecule has 39 heavy (non-hydrogen) atoms. The van der Waals surface area contributed by atoms with Crippen LogP contribution in [0, 0.1) is 19.3 Å². The van der Waals surface area contributed by atoms with Gasteiger partial charge in [0.1, 0.15) is 35.4 Å². The quantitative estimate of drug-likeness (QED) is 0.0942. The molecule has 2 saturated heterocycles. The van der Waals surface area contributed by atoms with Gasteiger partial charge in [0.25, 0.3) is 0 Å². The van der Waals surface area contributed by atoms with Gasteiger partial charge in [-0.25, -0.2) is 14.4 Å². The second kappa shape index (κ2) is 11.6. The Labute approximate surface area is 221 Å². The SMILES string of the molecule is C#CCONC(=O)O/N=C(\C)c1c(O)c2ccc(O[C@@H]3O[C@@H](CC)[C@H](OC)[C@H]4OC(=O)O[C@@H]34)c(C)c2oc1=O. The number of fused-ring (bicyclic) bond motifs is 2. The molecule has 208 valence electrons. The summed E-state index contributed by atoms with van der Waals surface area (Å²) in [7, 11) is 1.49. The lowest BCUT2D eigenvalue weighted by Crippen LogP contribution is -2.58. The van der Waals surface area contributed by atoms with Crippen molar-refractivity contribution in [3.05, 3.63) is 33.7 Å². The van der Waals surface area contributed by atoms with E-state index in [0.29, 0.717) is 12.0 Å². The van der Waals surface area contributed by atoms with Gasteiger partial charge in [-0.1, -0.05) is 18.0 Å². The maximum atomic E-state index is 12.8. The van der Waals surface area contributed by atoms with Crippen LogP contribution in [0.25, 0.3) is 11.0 Å². The van der Waals surface area contributed by atoms with Crippen LogP contribution < -0.4 is 15.8 Å². The molecule has 1 aromatic heterocycles. The first-order chi connectivity index (χ1) is 18.7. The number of benzene rings is 1. The highest BCUT2D eigenvalue weighted by molar-refractivity contribution is 6.05. The molecule has 2 aromatic rings. The highest BCUT2D eigenvalue weighted by Gasteiger charge is 2.55. The molecule has 5 atom stereocenters. The largest absolute Gasteiger partial charge is 0.509 e. The molecule has 0 aliphatic carbocycles. The van der Waals surface area contributed by atoms with Crippen molar-refractivity contribution in [1.82, 2.24) is 5.48 Å². The van der Waals surface area contributed by atoms with Gasteiger partial charge in [0.15, 0.2) is 6.10 Å². The minimum Gasteiger partial charge on any atom is -0.506 e. The molecule has 14 heteroatoms. The number of aromatic hydroxyl groups is 1. The summed E-state index contributed by atoms with van der Waals surface area (Å²) < 4.78 is 33.6. The maximum absolute atomic E-state index is 12.8. The monoisotopic (exact) mass is 546 g/mol. The number of hydrogen-bond donors (Lipinski definition) is 2. The van der Waals surface area contributed by atoms with E-state index in [-0.39, 0.29) is 34.6 Å². The van der Waals surface area contributed by atoms with Crippen molar-refractivity contribution in [2.24, 2.45) is 5.16 Å². The number of terminal acetylenes is 1. The minimum absolute atomic E-state index is 0.0294. The molecule has 2 aliphatic rings. The number of hydrogen-bond acceptors (Lipinski definition) is 13. The smallest absolute Gasteiger partial charge is 0.506 e. The second-order valence-electron chi connectivity index (χ2n) is 8.51. The Morgan fingerprint density at radius 3 is 2.69 bits per heavy atom. The Balaban J connectivity index is 1.60. The van der Waals surface area contributed by atoms with Crippen LogP contribution in [-0.2, 0) is 28.6 Å². The molecule has 2 aliphatic heterocycles. The lowest BCUT2D eigenvalue weighted by Gasteiger charge is -2.40. The standard InChI is InChI=1S/C25H26N2O12/c1-6-10-33-27-24(30)39-26-12(4)16-17(28)13-8-9-15(11(3)18(13)36-22(16)29)35-23-21-20(37-25(31)38-21)19(32-5)14(7-2)34-23/h1,8-9,14,19-21,23,28H,7,10H2,2-5H3,(H,27,30)/b26-12+/t14-,19-,20+,21+,23-/m0/s1. The van der Waals surface area contributed by atoms with Gasteiger partial charge in [-0.05, 0) is 32.4 Å². The van der Waals surface area contributed by atoms with Crippen molar-refractivity contribution in [2.45, 2.75) is 57.9 Å². The van der Waals surface area contributed by atoms with Crippen LogP contribution in [0.4, 0.5) is 9.59 Å². The predicted molar refractivity (Wildman–Crippen MR) is 131 cm³/mol. The van der Waals surface area contributed by atoms with E-state index in [1.54, 1.807) is 6.92 Å². The predicted octanol–water partition coefficient (Wildman–Crippen LogP) is 2.25. The topological polar surface area (TPSA) is 174 Å². The number of methoxy groups -OCH3 is 1. The number of nitrogens with one attached hydrogen (secondary N) is 1. The summed E-state index contributed by atoms with van der Waals surface area (Å²) in [6.45, 7) is 4.63. The Kier molecular flexibility index (Phi) is 8.24. The highest BCUT2D eigenvalue weighted by Crippen LogP contribution is 2.38. The zero-order valence-electron chi connectivity index (χ0n) is 21.4. The molecule has 0 bridgehead atoms. The van der Waals surface area contributed by atoms with Crippen LogP contribution in [0.15, 0.2) is 26.5 Å². The first-order valence-electron chi connectivity index (χ1n) is 11.8. The first-order valence-corrected chi connectivity index (χ1v) is 11.8. The molecule has 0 spiro atoms. The van der Waals surface area contributed by atoms with E-state index in [4.69, 9.17) is 34.5 Å². The van der Waals surface area contributed by atoms with E-state index in [2.05, 4.69) is 20.8 Å². The summed E-state index contributed by atoms with van der Waals surface area (Å²) in [6, 6.07) is 2.99. The summed E-state index contributed by atoms with van der Waals surface area (Å²) in [5.41, 5.74) is 0.856. The highest BCUT2D eigenvalue weighted by atomic mass is 16.8. The Morgan fingerprint density at radius 2 is 2.00 bits per heavy atom. The lowest BCUT2D eigenvalue weighted by molar-refractivity contribution is -0.250. The molecule has 0 unspecified atom stereocenters. The summed E-state index contributed by atoms with van der Waals surface area (Å²) in [5.74, 6) is 1.93. The number of hydroxylamine groups is 1. The van der Waals surface area contributed by atoms with Crippen molar-refractivity contribution in [1.29, 1.82) is 0 Å². The van der Waals surface area contributed by atoms with E-state index in [1.165, 1.54) is 26.2 Å². The number of amides is 1. The summed E-state index contributed by atoms with van der Waals surface area (Å²) in [6.07, 6.45) is -0.108. The van der Waals surface area contributed by atoms with E-state index in [9.17, 15) is 19.5 Å².